The van der Waals surface area contributed by atoms with E-state index in [1.807, 2.05) is 50.4 Å². The molecule has 2 N–H and O–H groups in total. The maximum atomic E-state index is 13.0. The van der Waals surface area contributed by atoms with Gasteiger partial charge < -0.3 is 10.3 Å². The van der Waals surface area contributed by atoms with Gasteiger partial charge in [-0.05, 0) is 37.1 Å². The van der Waals surface area contributed by atoms with E-state index < -0.39 is 0 Å². The van der Waals surface area contributed by atoms with Gasteiger partial charge in [0.15, 0.2) is 0 Å². The number of benzene rings is 1. The van der Waals surface area contributed by atoms with Crippen molar-refractivity contribution in [3.05, 3.63) is 69.9 Å². The molecule has 3 aromatic rings. The molecule has 0 aliphatic carbocycles. The first-order valence-electron chi connectivity index (χ1n) is 8.92. The molecule has 0 saturated heterocycles. The van der Waals surface area contributed by atoms with Crippen LogP contribution in [0.2, 0.25) is 0 Å². The highest BCUT2D eigenvalue weighted by Gasteiger charge is 2.20. The highest BCUT2D eigenvalue weighted by atomic mass is 16.2. The molecule has 1 amide bonds. The molecule has 0 aliphatic heterocycles. The van der Waals surface area contributed by atoms with Crippen molar-refractivity contribution in [2.75, 3.05) is 5.32 Å². The predicted octanol–water partition coefficient (Wildman–Crippen LogP) is 3.27. The topological polar surface area (TPSA) is 71.8 Å². The second-order valence-electron chi connectivity index (χ2n) is 6.25. The van der Waals surface area contributed by atoms with Crippen molar-refractivity contribution in [1.29, 1.82) is 0 Å². The van der Waals surface area contributed by atoms with Crippen LogP contribution in [-0.4, -0.2) is 20.3 Å². The van der Waals surface area contributed by atoms with Gasteiger partial charge in [-0.2, -0.15) is 0 Å². The number of anilines is 1. The van der Waals surface area contributed by atoms with Crippen LogP contribution in [0.1, 0.15) is 42.1 Å². The number of nitrogens with one attached hydrogen (secondary N) is 2. The summed E-state index contributed by atoms with van der Waals surface area (Å²) < 4.78 is 3.37. The monoisotopic (exact) mass is 352 g/mol. The molecule has 0 fully saturated rings. The Bertz CT molecular complexity index is 964. The quantitative estimate of drug-likeness (QED) is 0.715. The van der Waals surface area contributed by atoms with E-state index in [1.165, 1.54) is 0 Å². The molecule has 0 bridgehead atoms. The van der Waals surface area contributed by atoms with Crippen molar-refractivity contribution in [2.24, 2.45) is 7.05 Å². The fourth-order valence-electron chi connectivity index (χ4n) is 3.21. The number of nitrogens with zero attached hydrogens (tertiary/aromatic N) is 2. The second-order valence-corrected chi connectivity index (χ2v) is 6.25. The van der Waals surface area contributed by atoms with Crippen LogP contribution in [0, 0.1) is 0 Å². The summed E-state index contributed by atoms with van der Waals surface area (Å²) >= 11 is 0. The zero-order valence-electron chi connectivity index (χ0n) is 15.4. The second kappa shape index (κ2) is 7.47. The lowest BCUT2D eigenvalue weighted by Crippen LogP contribution is -2.23. The van der Waals surface area contributed by atoms with Crippen molar-refractivity contribution >= 4 is 11.6 Å². The van der Waals surface area contributed by atoms with Crippen LogP contribution in [0.3, 0.4) is 0 Å². The first-order valence-corrected chi connectivity index (χ1v) is 8.92. The Labute approximate surface area is 152 Å². The van der Waals surface area contributed by atoms with Gasteiger partial charge in [0.2, 0.25) is 0 Å². The maximum Gasteiger partial charge on any atom is 0.295 e. The Kier molecular flexibility index (Phi) is 5.11. The minimum Gasteiger partial charge on any atom is -0.354 e. The lowest BCUT2D eigenvalue weighted by Gasteiger charge is -2.08. The molecule has 0 unspecified atom stereocenters. The molecule has 0 saturated carbocycles. The van der Waals surface area contributed by atoms with Crippen molar-refractivity contribution in [3.63, 3.8) is 0 Å². The Balaban J connectivity index is 1.97. The van der Waals surface area contributed by atoms with Gasteiger partial charge in [0.25, 0.3) is 11.5 Å². The summed E-state index contributed by atoms with van der Waals surface area (Å²) in [4.78, 5) is 28.7. The number of amides is 1. The number of H-pyrrole nitrogens is 1. The van der Waals surface area contributed by atoms with Gasteiger partial charge >= 0.3 is 0 Å². The van der Waals surface area contributed by atoms with Crippen LogP contribution in [0.4, 0.5) is 5.69 Å². The summed E-state index contributed by atoms with van der Waals surface area (Å²) in [6.07, 6.45) is 2.52. The number of aromatic nitrogens is 3. The summed E-state index contributed by atoms with van der Waals surface area (Å²) in [5.74, 6) is -0.301. The molecule has 0 atom stereocenters. The van der Waals surface area contributed by atoms with E-state index in [9.17, 15) is 9.59 Å². The molecule has 0 spiro atoms. The van der Waals surface area contributed by atoms with Crippen molar-refractivity contribution < 1.29 is 4.79 Å². The Morgan fingerprint density at radius 3 is 2.50 bits per heavy atom. The van der Waals surface area contributed by atoms with Crippen LogP contribution in [0.15, 0.2) is 47.3 Å². The summed E-state index contributed by atoms with van der Waals surface area (Å²) in [5, 5.41) is 2.81. The van der Waals surface area contributed by atoms with Gasteiger partial charge in [-0.25, -0.2) is 4.68 Å². The smallest absolute Gasteiger partial charge is 0.295 e. The summed E-state index contributed by atoms with van der Waals surface area (Å²) in [6.45, 7) is 4.05. The van der Waals surface area contributed by atoms with Crippen molar-refractivity contribution in [2.45, 2.75) is 33.1 Å². The number of aromatic amines is 1. The van der Waals surface area contributed by atoms with Crippen LogP contribution in [0.5, 0.6) is 0 Å². The van der Waals surface area contributed by atoms with E-state index >= 15 is 0 Å². The molecule has 1 aromatic carbocycles. The van der Waals surface area contributed by atoms with Gasteiger partial charge in [-0.1, -0.05) is 38.5 Å². The highest BCUT2D eigenvalue weighted by Crippen LogP contribution is 2.17. The number of rotatable bonds is 6. The SMILES string of the molecule is CCCc1ccc(C(=O)Nc2c(CC)n(C)n(-c3ccccc3)c2=O)[nH]1. The number of carbonyl (C=O) groups is 1. The third-order valence-electron chi connectivity index (χ3n) is 4.47. The Morgan fingerprint density at radius 1 is 1.12 bits per heavy atom. The third kappa shape index (κ3) is 3.22. The van der Waals surface area contributed by atoms with E-state index in [1.54, 1.807) is 15.4 Å². The number of aryl methyl sites for hydroxylation is 1. The van der Waals surface area contributed by atoms with Crippen LogP contribution >= 0.6 is 0 Å². The fraction of sp³-hybridized carbons (Fsp3) is 0.300. The van der Waals surface area contributed by atoms with E-state index in [0.29, 0.717) is 17.8 Å². The molecule has 6 nitrogen and oxygen atoms in total. The zero-order valence-corrected chi connectivity index (χ0v) is 15.4. The molecule has 2 aromatic heterocycles. The van der Waals surface area contributed by atoms with Crippen molar-refractivity contribution in [1.82, 2.24) is 14.3 Å². The molecule has 26 heavy (non-hydrogen) atoms. The van der Waals surface area contributed by atoms with Crippen molar-refractivity contribution in [3.8, 4) is 5.69 Å². The number of hydrogen-bond donors (Lipinski definition) is 2. The van der Waals surface area contributed by atoms with Crippen LogP contribution in [0.25, 0.3) is 5.69 Å². The lowest BCUT2D eigenvalue weighted by molar-refractivity contribution is 0.102. The molecule has 0 aliphatic rings. The number of hydrogen-bond acceptors (Lipinski definition) is 2. The predicted molar refractivity (Wildman–Crippen MR) is 103 cm³/mol. The Hall–Kier alpha value is -3.02. The standard InChI is InChI=1S/C20H24N4O2/c1-4-9-14-12-13-16(21-14)19(25)22-18-17(5-2)23(3)24(20(18)26)15-10-7-6-8-11-15/h6-8,10-13,21H,4-5,9H2,1-3H3,(H,22,25). The average molecular weight is 352 g/mol. The summed E-state index contributed by atoms with van der Waals surface area (Å²) in [7, 11) is 1.83. The highest BCUT2D eigenvalue weighted by molar-refractivity contribution is 6.03. The van der Waals surface area contributed by atoms with E-state index in [0.717, 1.165) is 29.9 Å². The van der Waals surface area contributed by atoms with Crippen LogP contribution < -0.4 is 10.9 Å². The molecule has 136 valence electrons. The number of carbonyl (C=O) groups excluding carboxylic acids is 1. The minimum atomic E-state index is -0.301. The minimum absolute atomic E-state index is 0.232. The van der Waals surface area contributed by atoms with Gasteiger partial charge in [-0.3, -0.25) is 14.3 Å². The molecule has 0 radical (unpaired) electrons. The van der Waals surface area contributed by atoms with Gasteiger partial charge in [0.05, 0.1) is 11.4 Å². The zero-order chi connectivity index (χ0) is 18.7. The van der Waals surface area contributed by atoms with Gasteiger partial charge in [0.1, 0.15) is 11.4 Å². The molecule has 6 heteroatoms. The molecular formula is C20H24N4O2. The molecular weight excluding hydrogens is 328 g/mol. The third-order valence-corrected chi connectivity index (χ3v) is 4.47. The molecule has 2 heterocycles. The van der Waals surface area contributed by atoms with E-state index in [4.69, 9.17) is 0 Å². The maximum absolute atomic E-state index is 13.0. The summed E-state index contributed by atoms with van der Waals surface area (Å²) in [5.41, 5.74) is 3.13. The van der Waals surface area contributed by atoms with Gasteiger partial charge in [0, 0.05) is 12.7 Å². The summed E-state index contributed by atoms with van der Waals surface area (Å²) in [6, 6.07) is 13.1. The average Bonchev–Trinajstić information content (AvgIpc) is 3.19. The normalized spacial score (nSPS) is 10.9. The first kappa shape index (κ1) is 17.8. The van der Waals surface area contributed by atoms with E-state index in [-0.39, 0.29) is 11.5 Å². The fourth-order valence-corrected chi connectivity index (χ4v) is 3.21. The molecule has 3 rings (SSSR count). The largest absolute Gasteiger partial charge is 0.354 e. The number of para-hydroxylation sites is 1. The van der Waals surface area contributed by atoms with Crippen LogP contribution in [-0.2, 0) is 19.9 Å². The Morgan fingerprint density at radius 2 is 1.85 bits per heavy atom. The first-order chi connectivity index (χ1) is 12.6. The van der Waals surface area contributed by atoms with E-state index in [2.05, 4.69) is 17.2 Å². The van der Waals surface area contributed by atoms with Gasteiger partial charge in [-0.15, -0.1) is 0 Å². The lowest BCUT2D eigenvalue weighted by atomic mass is 10.2.